The lowest BCUT2D eigenvalue weighted by Crippen LogP contribution is -2.45. The van der Waals surface area contributed by atoms with Crippen LogP contribution in [-0.2, 0) is 17.7 Å². The highest BCUT2D eigenvalue weighted by atomic mass is 35.5. The van der Waals surface area contributed by atoms with Gasteiger partial charge in [-0.1, -0.05) is 23.7 Å². The summed E-state index contributed by atoms with van der Waals surface area (Å²) in [6.45, 7) is 5.58. The van der Waals surface area contributed by atoms with E-state index in [1.165, 1.54) is 13.3 Å². The minimum Gasteiger partial charge on any atom is -0.453 e. The first-order valence-corrected chi connectivity index (χ1v) is 11.7. The van der Waals surface area contributed by atoms with Crippen LogP contribution in [0.3, 0.4) is 0 Å². The fourth-order valence-corrected chi connectivity index (χ4v) is 4.22. The second kappa shape index (κ2) is 11.0. The summed E-state index contributed by atoms with van der Waals surface area (Å²) in [6.07, 6.45) is 1.70. The predicted octanol–water partition coefficient (Wildman–Crippen LogP) is 4.61. The largest absolute Gasteiger partial charge is 0.453 e. The summed E-state index contributed by atoms with van der Waals surface area (Å²) in [6, 6.07) is 11.0. The van der Waals surface area contributed by atoms with Crippen LogP contribution in [0.4, 0.5) is 20.7 Å². The Morgan fingerprint density at radius 1 is 1.15 bits per heavy atom. The van der Waals surface area contributed by atoms with Gasteiger partial charge in [-0.05, 0) is 43.3 Å². The fraction of sp³-hybridized carbons (Fsp3) is 0.360. The lowest BCUT2D eigenvalue weighted by atomic mass is 10.1. The third-order valence-corrected chi connectivity index (χ3v) is 6.46. The Bertz CT molecular complexity index is 1170. The summed E-state index contributed by atoms with van der Waals surface area (Å²) in [5, 5.41) is 7.68. The van der Waals surface area contributed by atoms with Gasteiger partial charge in [0.25, 0.3) is 0 Å². The molecular formula is C25H29ClFN5O2. The number of nitrogens with zero attached hydrogens (tertiary/aromatic N) is 3. The maximum absolute atomic E-state index is 14.8. The van der Waals surface area contributed by atoms with E-state index in [2.05, 4.69) is 37.2 Å². The van der Waals surface area contributed by atoms with Gasteiger partial charge in [0.05, 0.1) is 12.1 Å². The van der Waals surface area contributed by atoms with Gasteiger partial charge in [0.1, 0.15) is 11.6 Å². The number of likely N-dealkylation sites (N-methyl/N-ethyl adjacent to an activating group) is 1. The average Bonchev–Trinajstić information content (AvgIpc) is 2.84. The van der Waals surface area contributed by atoms with Crippen molar-refractivity contribution in [1.82, 2.24) is 14.8 Å². The second-order valence-corrected chi connectivity index (χ2v) is 8.91. The molecule has 2 heterocycles. The van der Waals surface area contributed by atoms with Crippen molar-refractivity contribution < 1.29 is 13.9 Å². The van der Waals surface area contributed by atoms with Crippen LogP contribution < -0.4 is 10.6 Å². The van der Waals surface area contributed by atoms with E-state index < -0.39 is 6.09 Å². The number of halogens is 2. The van der Waals surface area contributed by atoms with Gasteiger partial charge in [-0.15, -0.1) is 0 Å². The monoisotopic (exact) mass is 485 g/mol. The van der Waals surface area contributed by atoms with E-state index in [0.29, 0.717) is 33.7 Å². The number of rotatable bonds is 7. The molecule has 0 saturated carbocycles. The molecule has 0 atom stereocenters. The van der Waals surface area contributed by atoms with Crippen molar-refractivity contribution in [3.8, 4) is 0 Å². The molecule has 9 heteroatoms. The number of fused-ring (bicyclic) bond motifs is 1. The van der Waals surface area contributed by atoms with Gasteiger partial charge < -0.3 is 19.9 Å². The van der Waals surface area contributed by atoms with Crippen LogP contribution in [0, 0.1) is 5.82 Å². The Morgan fingerprint density at radius 2 is 1.94 bits per heavy atom. The van der Waals surface area contributed by atoms with Crippen molar-refractivity contribution in [2.45, 2.75) is 13.0 Å². The fourth-order valence-electron chi connectivity index (χ4n) is 4.01. The SMILES string of the molecule is COC(=O)Nc1ncc(Cl)c2cc(NCc3ccc(CCN4CCN(C)CC4)cc3F)ccc12. The summed E-state index contributed by atoms with van der Waals surface area (Å²) < 4.78 is 19.4. The van der Waals surface area contributed by atoms with Crippen LogP contribution in [0.1, 0.15) is 11.1 Å². The molecule has 2 N–H and O–H groups in total. The van der Waals surface area contributed by atoms with Crippen molar-refractivity contribution in [2.24, 2.45) is 0 Å². The lowest BCUT2D eigenvalue weighted by molar-refractivity contribution is 0.155. The van der Waals surface area contributed by atoms with Crippen LogP contribution in [0.5, 0.6) is 0 Å². The molecule has 2 aromatic carbocycles. The lowest BCUT2D eigenvalue weighted by Gasteiger charge is -2.32. The molecule has 1 aliphatic heterocycles. The van der Waals surface area contributed by atoms with Gasteiger partial charge in [-0.25, -0.2) is 14.2 Å². The van der Waals surface area contributed by atoms with Crippen molar-refractivity contribution in [2.75, 3.05) is 57.5 Å². The third-order valence-electron chi connectivity index (χ3n) is 6.16. The standard InChI is InChI=1S/C25H29ClFN5O2/c1-31-9-11-32(12-10-31)8-7-17-3-4-18(23(27)13-17)15-28-19-5-6-20-21(14-19)22(26)16-29-24(20)30-25(33)34-2/h3-6,13-14,16,28H,7-12,15H2,1-2H3,(H,29,30,33). The molecule has 3 aromatic rings. The maximum Gasteiger partial charge on any atom is 0.412 e. The van der Waals surface area contributed by atoms with Gasteiger partial charge in [-0.2, -0.15) is 0 Å². The van der Waals surface area contributed by atoms with E-state index in [1.807, 2.05) is 24.3 Å². The molecule has 1 saturated heterocycles. The molecule has 34 heavy (non-hydrogen) atoms. The van der Waals surface area contributed by atoms with Crippen LogP contribution in [0.25, 0.3) is 10.8 Å². The Balaban J connectivity index is 1.39. The number of benzene rings is 2. The van der Waals surface area contributed by atoms with E-state index in [1.54, 1.807) is 12.1 Å². The molecule has 1 fully saturated rings. The normalized spacial score (nSPS) is 14.8. The van der Waals surface area contributed by atoms with Crippen molar-refractivity contribution >= 4 is 40.0 Å². The molecule has 1 aromatic heterocycles. The zero-order chi connectivity index (χ0) is 24.1. The number of carbonyl (C=O) groups is 1. The summed E-state index contributed by atoms with van der Waals surface area (Å²) in [7, 11) is 3.43. The smallest absolute Gasteiger partial charge is 0.412 e. The first kappa shape index (κ1) is 24.2. The molecule has 4 rings (SSSR count). The summed E-state index contributed by atoms with van der Waals surface area (Å²) >= 11 is 6.32. The number of hydrogen-bond donors (Lipinski definition) is 2. The molecule has 0 unspecified atom stereocenters. The molecule has 1 aliphatic rings. The Labute approximate surface area is 203 Å². The number of hydrogen-bond acceptors (Lipinski definition) is 6. The van der Waals surface area contributed by atoms with Gasteiger partial charge in [0.2, 0.25) is 0 Å². The zero-order valence-electron chi connectivity index (χ0n) is 19.4. The van der Waals surface area contributed by atoms with Crippen molar-refractivity contribution in [3.63, 3.8) is 0 Å². The molecule has 1 amide bonds. The molecular weight excluding hydrogens is 457 g/mol. The highest BCUT2D eigenvalue weighted by molar-refractivity contribution is 6.36. The highest BCUT2D eigenvalue weighted by Gasteiger charge is 2.14. The predicted molar refractivity (Wildman–Crippen MR) is 134 cm³/mol. The Morgan fingerprint density at radius 3 is 2.68 bits per heavy atom. The Kier molecular flexibility index (Phi) is 7.82. The first-order chi connectivity index (χ1) is 16.4. The highest BCUT2D eigenvalue weighted by Crippen LogP contribution is 2.30. The number of amides is 1. The van der Waals surface area contributed by atoms with E-state index >= 15 is 0 Å². The van der Waals surface area contributed by atoms with Gasteiger partial charge in [0.15, 0.2) is 0 Å². The molecule has 0 spiro atoms. The van der Waals surface area contributed by atoms with Crippen LogP contribution in [-0.4, -0.2) is 67.8 Å². The van der Waals surface area contributed by atoms with E-state index in [4.69, 9.17) is 11.6 Å². The number of nitrogens with one attached hydrogen (secondary N) is 2. The number of anilines is 2. The van der Waals surface area contributed by atoms with Crippen molar-refractivity contribution in [1.29, 1.82) is 0 Å². The van der Waals surface area contributed by atoms with Gasteiger partial charge >= 0.3 is 6.09 Å². The zero-order valence-corrected chi connectivity index (χ0v) is 20.2. The van der Waals surface area contributed by atoms with E-state index in [0.717, 1.165) is 50.4 Å². The molecule has 7 nitrogen and oxygen atoms in total. The molecule has 0 aliphatic carbocycles. The Hall–Kier alpha value is -2.94. The van der Waals surface area contributed by atoms with Crippen molar-refractivity contribution in [3.05, 3.63) is 64.6 Å². The number of pyridine rings is 1. The van der Waals surface area contributed by atoms with Crippen LogP contribution >= 0.6 is 11.6 Å². The summed E-state index contributed by atoms with van der Waals surface area (Å²) in [4.78, 5) is 20.5. The average molecular weight is 486 g/mol. The van der Waals surface area contributed by atoms with Gasteiger partial charge in [-0.3, -0.25) is 5.32 Å². The number of ether oxygens (including phenoxy) is 1. The first-order valence-electron chi connectivity index (χ1n) is 11.3. The topological polar surface area (TPSA) is 69.7 Å². The van der Waals surface area contributed by atoms with Crippen LogP contribution in [0.15, 0.2) is 42.6 Å². The van der Waals surface area contributed by atoms with Gasteiger partial charge in [0, 0.05) is 67.5 Å². The van der Waals surface area contributed by atoms with Crippen LogP contribution in [0.2, 0.25) is 5.02 Å². The number of methoxy groups -OCH3 is 1. The number of piperazine rings is 1. The third kappa shape index (κ3) is 5.94. The molecule has 180 valence electrons. The summed E-state index contributed by atoms with van der Waals surface area (Å²) in [5.41, 5.74) is 2.39. The molecule has 0 radical (unpaired) electrons. The van der Waals surface area contributed by atoms with E-state index in [-0.39, 0.29) is 5.82 Å². The minimum absolute atomic E-state index is 0.212. The molecule has 0 bridgehead atoms. The number of carbonyl (C=O) groups excluding carboxylic acids is 1. The number of aromatic nitrogens is 1. The van der Waals surface area contributed by atoms with E-state index in [9.17, 15) is 9.18 Å². The maximum atomic E-state index is 14.8. The summed E-state index contributed by atoms with van der Waals surface area (Å²) in [5.74, 6) is 0.145. The minimum atomic E-state index is -0.610. The second-order valence-electron chi connectivity index (χ2n) is 8.51. The quantitative estimate of drug-likeness (QED) is 0.509.